The second-order valence-electron chi connectivity index (χ2n) is 27.4. The number of ether oxygens (including phenoxy) is 11. The van der Waals surface area contributed by atoms with E-state index >= 15 is 0 Å². The fraction of sp³-hybridized carbons (Fsp3) is 0.897. The summed E-state index contributed by atoms with van der Waals surface area (Å²) in [6, 6.07) is 0. The fourth-order valence-corrected chi connectivity index (χ4v) is 17.4. The van der Waals surface area contributed by atoms with Crippen molar-refractivity contribution in [1.29, 1.82) is 0 Å². The van der Waals surface area contributed by atoms with Gasteiger partial charge in [-0.05, 0) is 94.8 Å². The summed E-state index contributed by atoms with van der Waals surface area (Å²) in [5, 5.41) is 131. The average molecular weight is 1310 g/mol. The monoisotopic (exact) mass is 1300 g/mol. The molecule has 0 amide bonds. The van der Waals surface area contributed by atoms with Crippen molar-refractivity contribution in [1.82, 2.24) is 0 Å². The number of hydrogen-bond acceptors (Lipinski definition) is 29. The van der Waals surface area contributed by atoms with Crippen LogP contribution < -0.4 is 29.6 Å². The first-order valence-electron chi connectivity index (χ1n) is 30.4. The Hall–Kier alpha value is -1.39. The molecule has 0 bridgehead atoms. The number of aliphatic hydroxyl groups excluding tert-OH is 12. The number of cyclic esters (lactones) is 1. The topological polar surface area (TPSA) is 445 Å². The molecule has 9 fully saturated rings. The third-order valence-corrected chi connectivity index (χ3v) is 22.1. The molecule has 0 aromatic rings. The summed E-state index contributed by atoms with van der Waals surface area (Å²) >= 11 is 0. The Labute approximate surface area is 538 Å². The molecule has 6 aliphatic heterocycles. The molecule has 3 saturated carbocycles. The van der Waals surface area contributed by atoms with E-state index in [0.29, 0.717) is 38.5 Å². The summed E-state index contributed by atoms with van der Waals surface area (Å²) in [5.41, 5.74) is -1.80. The smallest absolute Gasteiger partial charge is 0.726 e. The molecule has 10 rings (SSSR count). The van der Waals surface area contributed by atoms with E-state index in [1.807, 2.05) is 27.7 Å². The van der Waals surface area contributed by atoms with Gasteiger partial charge in [0.05, 0.1) is 50.0 Å². The van der Waals surface area contributed by atoms with E-state index in [4.69, 9.17) is 56.3 Å². The van der Waals surface area contributed by atoms with Crippen molar-refractivity contribution >= 4 is 22.2 Å². The van der Waals surface area contributed by atoms with E-state index in [0.717, 1.165) is 24.0 Å². The standard InChI is InChI=1S/C58H90O29S.Na/c1-23(2)10-9-15-57(8)47-27(61)18-56(7)26-11-12-32-54(4,5)33(14-16-55(32,6)25(26)13-17-58(47,56)53(72)86-57)81-51-45(37(66)31(22-77-51)87-88(73,74)75)85-52-46(84-48-39(68)34(63)28(62)21-76-48)41(70)43(24(3)78-52)82-50-42(71)44(36(65)30(20-60)80-50)83-49-40(69)38(67)35(64)29(19-59)79-49;/h11,24-25,28-52,59-60,62-71H,1,9-10,12-22H2,2-8H3,(H,73,74,75);/q;+1/p-1/t24?,25?,28?,29?,30?,31?,32?,33?,34?,35?,36?,37?,38?,39?,40?,41?,42?,43?,44?,45?,46?,47?,48?,49?,50?,51?,52?,55?,56-,57-,58?;/m0./s1. The van der Waals surface area contributed by atoms with Gasteiger partial charge in [0.2, 0.25) is 10.4 Å². The van der Waals surface area contributed by atoms with Crippen LogP contribution >= 0.6 is 0 Å². The van der Waals surface area contributed by atoms with Gasteiger partial charge in [0.25, 0.3) is 0 Å². The minimum Gasteiger partial charge on any atom is -0.726 e. The van der Waals surface area contributed by atoms with Gasteiger partial charge in [-0.2, -0.15) is 0 Å². The first kappa shape index (κ1) is 71.9. The number of allylic oxidation sites excluding steroid dienone is 3. The SMILES string of the molecule is C=C(C)CCC[C@]1(C)OC(=O)C23CCC4C(=CCC5C(C)(C)C(OC6OCC(OS(=O)(=O)[O-])C(O)C6OC6OC(C)C(OC7OC(CO)C(O)C(OC8OC(CO)C(O)C(O)C8O)C7O)C(O)C6OC6OCC(O)C(O)C6O)CCC45C)[C@]2(C)CC(=O)C31.[Na+]. The zero-order chi connectivity index (χ0) is 64.3. The van der Waals surface area contributed by atoms with Crippen LogP contribution in [0, 0.1) is 39.4 Å². The minimum atomic E-state index is -5.53. The maximum absolute atomic E-state index is 14.5. The van der Waals surface area contributed by atoms with Crippen LogP contribution in [0.25, 0.3) is 0 Å². The number of Topliss-reactive ketones (excluding diaryl/α,β-unsaturated/α-hetero) is 1. The Morgan fingerprint density at radius 2 is 1.28 bits per heavy atom. The van der Waals surface area contributed by atoms with Crippen LogP contribution in [0.3, 0.4) is 0 Å². The number of hydrogen-bond donors (Lipinski definition) is 12. The zero-order valence-corrected chi connectivity index (χ0v) is 54.1. The Bertz CT molecular complexity index is 2690. The molecule has 29 nitrogen and oxygen atoms in total. The molecule has 31 heteroatoms. The summed E-state index contributed by atoms with van der Waals surface area (Å²) in [6.45, 7) is 14.4. The van der Waals surface area contributed by atoms with Gasteiger partial charge in [-0.1, -0.05) is 44.9 Å². The Morgan fingerprint density at radius 3 is 1.93 bits per heavy atom. The molecular weight excluding hydrogens is 1220 g/mol. The van der Waals surface area contributed by atoms with Crippen molar-refractivity contribution in [2.75, 3.05) is 26.4 Å². The maximum Gasteiger partial charge on any atom is 1.00 e. The zero-order valence-electron chi connectivity index (χ0n) is 51.3. The van der Waals surface area contributed by atoms with Crippen molar-refractivity contribution in [2.24, 2.45) is 39.4 Å². The largest absolute Gasteiger partial charge is 1.00 e. The number of carbonyl (C=O) groups excluding carboxylic acids is 2. The molecule has 31 atom stereocenters. The van der Waals surface area contributed by atoms with Gasteiger partial charge in [-0.15, -0.1) is 6.58 Å². The second kappa shape index (κ2) is 26.9. The third-order valence-electron chi connectivity index (χ3n) is 21.6. The summed E-state index contributed by atoms with van der Waals surface area (Å²) in [5.74, 6) is -1.02. The number of esters is 1. The summed E-state index contributed by atoms with van der Waals surface area (Å²) < 4.78 is 108. The molecule has 0 aromatic heterocycles. The van der Waals surface area contributed by atoms with E-state index in [1.54, 1.807) is 0 Å². The van der Waals surface area contributed by atoms with Gasteiger partial charge in [-0.3, -0.25) is 13.8 Å². The molecule has 29 unspecified atom stereocenters. The van der Waals surface area contributed by atoms with Gasteiger partial charge >= 0.3 is 35.5 Å². The molecular formula is C58H89NaO29S. The first-order chi connectivity index (χ1) is 41.2. The predicted octanol–water partition coefficient (Wildman–Crippen LogP) is -5.91. The molecule has 0 radical (unpaired) electrons. The van der Waals surface area contributed by atoms with Crippen LogP contribution in [-0.4, -0.2) is 265 Å². The van der Waals surface area contributed by atoms with Gasteiger partial charge in [0.1, 0.15) is 115 Å². The van der Waals surface area contributed by atoms with Crippen molar-refractivity contribution in [3.05, 3.63) is 23.8 Å². The predicted molar refractivity (Wildman–Crippen MR) is 291 cm³/mol. The summed E-state index contributed by atoms with van der Waals surface area (Å²) in [7, 11) is -5.53. The molecule has 12 N–H and O–H groups in total. The van der Waals surface area contributed by atoms with Gasteiger partial charge in [-0.25, -0.2) is 8.42 Å². The Balaban J connectivity index is 0.00000941. The molecule has 89 heavy (non-hydrogen) atoms. The van der Waals surface area contributed by atoms with Gasteiger partial charge < -0.3 is 118 Å². The number of aliphatic hydroxyl groups is 12. The third kappa shape index (κ3) is 12.7. The molecule has 502 valence electrons. The van der Waals surface area contributed by atoms with Crippen LogP contribution in [0.1, 0.15) is 106 Å². The number of rotatable bonds is 18. The number of fused-ring (bicyclic) bond motifs is 4. The van der Waals surface area contributed by atoms with E-state index in [9.17, 15) is 83.8 Å². The molecule has 6 saturated heterocycles. The Kier molecular flexibility index (Phi) is 21.7. The van der Waals surface area contributed by atoms with Crippen LogP contribution in [0.5, 0.6) is 0 Å². The van der Waals surface area contributed by atoms with Crippen molar-refractivity contribution < 1.29 is 170 Å². The van der Waals surface area contributed by atoms with E-state index < -0.39 is 217 Å². The van der Waals surface area contributed by atoms with Crippen molar-refractivity contribution in [3.63, 3.8) is 0 Å². The second-order valence-corrected chi connectivity index (χ2v) is 28.4. The molecule has 6 heterocycles. The minimum absolute atomic E-state index is 0. The fourth-order valence-electron chi connectivity index (χ4n) is 17.0. The normalized spacial score (nSPS) is 50.6. The van der Waals surface area contributed by atoms with Crippen LogP contribution in [0.4, 0.5) is 0 Å². The van der Waals surface area contributed by atoms with Gasteiger partial charge in [0, 0.05) is 11.8 Å². The van der Waals surface area contributed by atoms with Gasteiger partial charge in [0.15, 0.2) is 31.5 Å². The first-order valence-corrected chi connectivity index (χ1v) is 31.8. The van der Waals surface area contributed by atoms with Crippen molar-refractivity contribution in [3.8, 4) is 0 Å². The molecule has 4 aliphatic carbocycles. The molecule has 0 aromatic carbocycles. The van der Waals surface area contributed by atoms with Crippen LogP contribution in [0.15, 0.2) is 23.8 Å². The average Bonchev–Trinajstić information content (AvgIpc) is 1.53. The van der Waals surface area contributed by atoms with E-state index in [1.165, 1.54) is 6.92 Å². The van der Waals surface area contributed by atoms with Crippen LogP contribution in [0.2, 0.25) is 0 Å². The summed E-state index contributed by atoms with van der Waals surface area (Å²) in [4.78, 5) is 28.9. The molecule has 10 aliphatic rings. The Morgan fingerprint density at radius 1 is 0.685 bits per heavy atom. The quantitative estimate of drug-likeness (QED) is 0.0200. The van der Waals surface area contributed by atoms with E-state index in [-0.39, 0.29) is 59.6 Å². The summed E-state index contributed by atoms with van der Waals surface area (Å²) in [6.07, 6.45) is -36.4. The van der Waals surface area contributed by atoms with E-state index in [2.05, 4.69) is 26.5 Å². The maximum atomic E-state index is 14.5. The van der Waals surface area contributed by atoms with Crippen LogP contribution in [-0.2, 0) is 76.3 Å². The number of ketones is 1. The number of carbonyl (C=O) groups is 2. The van der Waals surface area contributed by atoms with Crippen molar-refractivity contribution in [2.45, 2.75) is 259 Å². The molecule has 1 spiro atoms.